The van der Waals surface area contributed by atoms with Crippen molar-refractivity contribution in [2.75, 3.05) is 52.5 Å². The van der Waals surface area contributed by atoms with Crippen molar-refractivity contribution in [3.8, 4) is 0 Å². The maximum absolute atomic E-state index is 12.3. The Morgan fingerprint density at radius 1 is 1.17 bits per heavy atom. The zero-order valence-electron chi connectivity index (χ0n) is 13.7. The number of benzene rings is 1. The topological polar surface area (TPSA) is 44.8 Å². The molecule has 1 amide bonds. The Balaban J connectivity index is 1.51. The van der Waals surface area contributed by atoms with E-state index in [0.717, 1.165) is 58.9 Å². The molecular formula is C18H27N3O2. The predicted molar refractivity (Wildman–Crippen MR) is 90.4 cm³/mol. The van der Waals surface area contributed by atoms with Crippen LogP contribution in [0.5, 0.6) is 0 Å². The van der Waals surface area contributed by atoms with Crippen LogP contribution in [-0.2, 0) is 16.0 Å². The number of carbonyl (C=O) groups is 1. The number of morpholine rings is 1. The first-order chi connectivity index (χ1) is 11.3. The first-order valence-electron chi connectivity index (χ1n) is 8.67. The Morgan fingerprint density at radius 2 is 1.96 bits per heavy atom. The Morgan fingerprint density at radius 3 is 2.74 bits per heavy atom. The van der Waals surface area contributed by atoms with Crippen LogP contribution in [0.4, 0.5) is 0 Å². The molecule has 2 saturated heterocycles. The summed E-state index contributed by atoms with van der Waals surface area (Å²) in [6, 6.07) is 10.9. The molecule has 2 fully saturated rings. The van der Waals surface area contributed by atoms with Crippen molar-refractivity contribution in [3.63, 3.8) is 0 Å². The summed E-state index contributed by atoms with van der Waals surface area (Å²) in [6.45, 7) is 6.81. The van der Waals surface area contributed by atoms with Gasteiger partial charge in [-0.15, -0.1) is 0 Å². The number of amides is 1. The van der Waals surface area contributed by atoms with Crippen molar-refractivity contribution in [1.82, 2.24) is 15.1 Å². The van der Waals surface area contributed by atoms with Crippen LogP contribution < -0.4 is 5.32 Å². The molecular weight excluding hydrogens is 290 g/mol. The van der Waals surface area contributed by atoms with Gasteiger partial charge in [0.2, 0.25) is 5.91 Å². The van der Waals surface area contributed by atoms with Crippen molar-refractivity contribution < 1.29 is 9.53 Å². The summed E-state index contributed by atoms with van der Waals surface area (Å²) < 4.78 is 5.66. The lowest BCUT2D eigenvalue weighted by atomic mass is 10.0. The molecule has 0 aliphatic carbocycles. The maximum Gasteiger partial charge on any atom is 0.223 e. The lowest BCUT2D eigenvalue weighted by molar-refractivity contribution is -0.132. The molecule has 2 heterocycles. The first kappa shape index (κ1) is 16.4. The van der Waals surface area contributed by atoms with E-state index in [1.807, 2.05) is 11.0 Å². The van der Waals surface area contributed by atoms with Gasteiger partial charge in [-0.3, -0.25) is 9.69 Å². The van der Waals surface area contributed by atoms with E-state index in [-0.39, 0.29) is 5.91 Å². The van der Waals surface area contributed by atoms with Gasteiger partial charge in [0.25, 0.3) is 0 Å². The molecule has 0 aromatic heterocycles. The van der Waals surface area contributed by atoms with Gasteiger partial charge in [-0.2, -0.15) is 0 Å². The van der Waals surface area contributed by atoms with Gasteiger partial charge in [0.15, 0.2) is 0 Å². The van der Waals surface area contributed by atoms with Crippen molar-refractivity contribution >= 4 is 5.91 Å². The fourth-order valence-corrected chi connectivity index (χ4v) is 3.37. The average Bonchev–Trinajstić information content (AvgIpc) is 2.62. The van der Waals surface area contributed by atoms with Crippen LogP contribution >= 0.6 is 0 Å². The Kier molecular flexibility index (Phi) is 6.02. The second kappa shape index (κ2) is 8.43. The Hall–Kier alpha value is -1.43. The number of hydrogen-bond acceptors (Lipinski definition) is 4. The van der Waals surface area contributed by atoms with E-state index in [4.69, 9.17) is 4.74 Å². The lowest BCUT2D eigenvalue weighted by Crippen LogP contribution is -2.50. The molecule has 126 valence electrons. The van der Waals surface area contributed by atoms with Crippen molar-refractivity contribution in [2.45, 2.75) is 18.9 Å². The summed E-state index contributed by atoms with van der Waals surface area (Å²) in [7, 11) is 0. The molecule has 0 bridgehead atoms. The van der Waals surface area contributed by atoms with E-state index >= 15 is 0 Å². The minimum atomic E-state index is 0.288. The molecule has 0 saturated carbocycles. The predicted octanol–water partition coefficient (Wildman–Crippen LogP) is 0.752. The molecule has 2 aliphatic heterocycles. The summed E-state index contributed by atoms with van der Waals surface area (Å²) in [5, 5.41) is 3.29. The molecule has 5 heteroatoms. The number of carbonyl (C=O) groups excluding carboxylic acids is 1. The second-order valence-corrected chi connectivity index (χ2v) is 6.34. The van der Waals surface area contributed by atoms with Crippen LogP contribution in [0.25, 0.3) is 0 Å². The maximum atomic E-state index is 12.3. The standard InChI is InChI=1S/C18H27N3O2/c22-18(21-10-7-19-8-11-21)6-9-20-12-13-23-15-17(20)14-16-4-2-1-3-5-16/h1-5,17,19H,6-15H2. The largest absolute Gasteiger partial charge is 0.378 e. The molecule has 1 atom stereocenters. The molecule has 0 spiro atoms. The Bertz CT molecular complexity index is 488. The third-order valence-electron chi connectivity index (χ3n) is 4.75. The van der Waals surface area contributed by atoms with Gasteiger partial charge in [-0.1, -0.05) is 30.3 Å². The summed E-state index contributed by atoms with van der Waals surface area (Å²) in [5.41, 5.74) is 1.33. The summed E-state index contributed by atoms with van der Waals surface area (Å²) >= 11 is 0. The normalized spacial score (nSPS) is 23.0. The summed E-state index contributed by atoms with van der Waals surface area (Å²) in [4.78, 5) is 16.8. The van der Waals surface area contributed by atoms with Gasteiger partial charge >= 0.3 is 0 Å². The molecule has 0 radical (unpaired) electrons. The van der Waals surface area contributed by atoms with E-state index in [1.54, 1.807) is 0 Å². The van der Waals surface area contributed by atoms with Crippen molar-refractivity contribution in [2.24, 2.45) is 0 Å². The van der Waals surface area contributed by atoms with Crippen LogP contribution in [-0.4, -0.2) is 74.2 Å². The molecule has 1 aromatic carbocycles. The fourth-order valence-electron chi connectivity index (χ4n) is 3.37. The third-order valence-corrected chi connectivity index (χ3v) is 4.75. The van der Waals surface area contributed by atoms with E-state index in [2.05, 4.69) is 34.5 Å². The van der Waals surface area contributed by atoms with Crippen LogP contribution in [0.1, 0.15) is 12.0 Å². The number of nitrogens with one attached hydrogen (secondary N) is 1. The van der Waals surface area contributed by atoms with E-state index in [9.17, 15) is 4.79 Å². The number of ether oxygens (including phenoxy) is 1. The molecule has 1 N–H and O–H groups in total. The molecule has 5 nitrogen and oxygen atoms in total. The van der Waals surface area contributed by atoms with Gasteiger partial charge in [-0.25, -0.2) is 0 Å². The summed E-state index contributed by atoms with van der Waals surface area (Å²) in [6.07, 6.45) is 1.61. The highest BCUT2D eigenvalue weighted by Gasteiger charge is 2.24. The highest BCUT2D eigenvalue weighted by atomic mass is 16.5. The first-order valence-corrected chi connectivity index (χ1v) is 8.67. The average molecular weight is 317 g/mol. The number of nitrogens with zero attached hydrogens (tertiary/aromatic N) is 2. The van der Waals surface area contributed by atoms with Crippen molar-refractivity contribution in [3.05, 3.63) is 35.9 Å². The molecule has 23 heavy (non-hydrogen) atoms. The zero-order valence-corrected chi connectivity index (χ0v) is 13.7. The minimum Gasteiger partial charge on any atom is -0.378 e. The van der Waals surface area contributed by atoms with E-state index in [0.29, 0.717) is 12.5 Å². The van der Waals surface area contributed by atoms with Crippen LogP contribution in [0.2, 0.25) is 0 Å². The summed E-state index contributed by atoms with van der Waals surface area (Å²) in [5.74, 6) is 0.288. The number of hydrogen-bond donors (Lipinski definition) is 1. The highest BCUT2D eigenvalue weighted by molar-refractivity contribution is 5.76. The second-order valence-electron chi connectivity index (χ2n) is 6.34. The van der Waals surface area contributed by atoms with Crippen molar-refractivity contribution in [1.29, 1.82) is 0 Å². The molecule has 2 aliphatic rings. The minimum absolute atomic E-state index is 0.288. The van der Waals surface area contributed by atoms with Gasteiger partial charge < -0.3 is 15.0 Å². The molecule has 3 rings (SSSR count). The molecule has 1 aromatic rings. The van der Waals surface area contributed by atoms with E-state index in [1.165, 1.54) is 5.56 Å². The smallest absolute Gasteiger partial charge is 0.223 e. The zero-order chi connectivity index (χ0) is 15.9. The quantitative estimate of drug-likeness (QED) is 0.870. The Labute approximate surface area is 138 Å². The molecule has 1 unspecified atom stereocenters. The monoisotopic (exact) mass is 317 g/mol. The van der Waals surface area contributed by atoms with Crippen LogP contribution in [0.15, 0.2) is 30.3 Å². The SMILES string of the molecule is O=C(CCN1CCOCC1Cc1ccccc1)N1CCNCC1. The van der Waals surface area contributed by atoms with Gasteiger partial charge in [0.05, 0.1) is 13.2 Å². The van der Waals surface area contributed by atoms with Crippen LogP contribution in [0.3, 0.4) is 0 Å². The number of piperazine rings is 1. The highest BCUT2D eigenvalue weighted by Crippen LogP contribution is 2.14. The van der Waals surface area contributed by atoms with E-state index < -0.39 is 0 Å². The van der Waals surface area contributed by atoms with Gasteiger partial charge in [0.1, 0.15) is 0 Å². The lowest BCUT2D eigenvalue weighted by Gasteiger charge is -2.36. The fraction of sp³-hybridized carbons (Fsp3) is 0.611. The van der Waals surface area contributed by atoms with Gasteiger partial charge in [-0.05, 0) is 12.0 Å². The van der Waals surface area contributed by atoms with Crippen LogP contribution in [0, 0.1) is 0 Å². The van der Waals surface area contributed by atoms with Gasteiger partial charge in [0, 0.05) is 51.7 Å². The third kappa shape index (κ3) is 4.77. The number of rotatable bonds is 5.